The maximum atomic E-state index is 5.94. The number of fused-ring (bicyclic) bond motifs is 1. The summed E-state index contributed by atoms with van der Waals surface area (Å²) in [5.41, 5.74) is 0. The van der Waals surface area contributed by atoms with Crippen molar-refractivity contribution >= 4 is 23.2 Å². The first-order valence-corrected chi connectivity index (χ1v) is 7.87. The molecule has 3 nitrogen and oxygen atoms in total. The number of benzene rings is 2. The molecule has 0 aliphatic carbocycles. The topological polar surface area (TPSA) is 24.5 Å². The second-order valence-corrected chi connectivity index (χ2v) is 5.75. The molecule has 1 atom stereocenters. The summed E-state index contributed by atoms with van der Waals surface area (Å²) in [6.45, 7) is 4.06. The molecule has 1 saturated heterocycles. The van der Waals surface area contributed by atoms with E-state index in [-0.39, 0.29) is 12.4 Å². The molecule has 4 heteroatoms. The van der Waals surface area contributed by atoms with Gasteiger partial charge in [0.15, 0.2) is 0 Å². The SMILES string of the molecule is CNCC1CCCN1CCOc1ccc2ccccc2c1.Cl. The molecular weight excluding hydrogens is 296 g/mol. The molecule has 0 bridgehead atoms. The van der Waals surface area contributed by atoms with Gasteiger partial charge in [0.25, 0.3) is 0 Å². The number of nitrogens with one attached hydrogen (secondary N) is 1. The van der Waals surface area contributed by atoms with E-state index in [0.29, 0.717) is 6.04 Å². The fraction of sp³-hybridized carbons (Fsp3) is 0.444. The first-order valence-electron chi connectivity index (χ1n) is 7.87. The first-order chi connectivity index (χ1) is 10.4. The number of hydrogen-bond donors (Lipinski definition) is 1. The summed E-state index contributed by atoms with van der Waals surface area (Å²) in [6.07, 6.45) is 2.61. The van der Waals surface area contributed by atoms with Gasteiger partial charge in [-0.3, -0.25) is 4.90 Å². The molecule has 22 heavy (non-hydrogen) atoms. The van der Waals surface area contributed by atoms with Crippen LogP contribution < -0.4 is 10.1 Å². The van der Waals surface area contributed by atoms with Crippen molar-refractivity contribution in [2.45, 2.75) is 18.9 Å². The molecule has 1 unspecified atom stereocenters. The highest BCUT2D eigenvalue weighted by Gasteiger charge is 2.23. The van der Waals surface area contributed by atoms with Crippen LogP contribution in [0, 0.1) is 0 Å². The zero-order valence-corrected chi connectivity index (χ0v) is 13.9. The van der Waals surface area contributed by atoms with Crippen molar-refractivity contribution < 1.29 is 4.74 Å². The number of likely N-dealkylation sites (tertiary alicyclic amines) is 1. The Hall–Kier alpha value is -1.29. The van der Waals surface area contributed by atoms with Crippen LogP contribution in [-0.4, -0.2) is 44.2 Å². The van der Waals surface area contributed by atoms with E-state index < -0.39 is 0 Å². The molecule has 0 saturated carbocycles. The summed E-state index contributed by atoms with van der Waals surface area (Å²) < 4.78 is 5.94. The monoisotopic (exact) mass is 320 g/mol. The molecule has 1 heterocycles. The van der Waals surface area contributed by atoms with Gasteiger partial charge in [-0.15, -0.1) is 12.4 Å². The Balaban J connectivity index is 0.00000176. The van der Waals surface area contributed by atoms with Crippen LogP contribution in [0.3, 0.4) is 0 Å². The van der Waals surface area contributed by atoms with Crippen molar-refractivity contribution in [3.63, 3.8) is 0 Å². The number of ether oxygens (including phenoxy) is 1. The Bertz CT molecular complexity index is 590. The summed E-state index contributed by atoms with van der Waals surface area (Å²) in [4.78, 5) is 2.54. The van der Waals surface area contributed by atoms with Crippen LogP contribution in [0.2, 0.25) is 0 Å². The minimum absolute atomic E-state index is 0. The number of nitrogens with zero attached hydrogens (tertiary/aromatic N) is 1. The number of rotatable bonds is 6. The highest BCUT2D eigenvalue weighted by molar-refractivity contribution is 5.85. The zero-order chi connectivity index (χ0) is 14.5. The molecular formula is C18H25ClN2O. The summed E-state index contributed by atoms with van der Waals surface area (Å²) in [6, 6.07) is 15.4. The zero-order valence-electron chi connectivity index (χ0n) is 13.1. The molecule has 2 aromatic rings. The van der Waals surface area contributed by atoms with E-state index in [1.807, 2.05) is 7.05 Å². The maximum Gasteiger partial charge on any atom is 0.120 e. The lowest BCUT2D eigenvalue weighted by Crippen LogP contribution is -2.38. The van der Waals surface area contributed by atoms with Gasteiger partial charge in [0.05, 0.1) is 0 Å². The third kappa shape index (κ3) is 4.13. The second-order valence-electron chi connectivity index (χ2n) is 5.75. The van der Waals surface area contributed by atoms with Gasteiger partial charge in [-0.25, -0.2) is 0 Å². The van der Waals surface area contributed by atoms with E-state index in [0.717, 1.165) is 25.4 Å². The van der Waals surface area contributed by atoms with Crippen molar-refractivity contribution in [3.05, 3.63) is 42.5 Å². The standard InChI is InChI=1S/C18H24N2O.ClH/c1-19-14-17-7-4-10-20(17)11-12-21-18-9-8-15-5-2-3-6-16(15)13-18;/h2-3,5-6,8-9,13,17,19H,4,7,10-12,14H2,1H3;1H. The molecule has 0 spiro atoms. The van der Waals surface area contributed by atoms with Gasteiger partial charge < -0.3 is 10.1 Å². The Labute approximate surface area is 139 Å². The number of halogens is 1. The molecule has 3 rings (SSSR count). The van der Waals surface area contributed by atoms with Gasteiger partial charge in [0.1, 0.15) is 12.4 Å². The molecule has 1 N–H and O–H groups in total. The molecule has 0 radical (unpaired) electrons. The minimum atomic E-state index is 0. The molecule has 2 aromatic carbocycles. The summed E-state index contributed by atoms with van der Waals surface area (Å²) in [5, 5.41) is 5.79. The van der Waals surface area contributed by atoms with E-state index in [2.05, 4.69) is 52.7 Å². The predicted molar refractivity (Wildman–Crippen MR) is 95.2 cm³/mol. The lowest BCUT2D eigenvalue weighted by atomic mass is 10.1. The van der Waals surface area contributed by atoms with Gasteiger partial charge in [-0.05, 0) is 49.3 Å². The average Bonchev–Trinajstić information content (AvgIpc) is 2.95. The van der Waals surface area contributed by atoms with Crippen LogP contribution in [0.4, 0.5) is 0 Å². The minimum Gasteiger partial charge on any atom is -0.492 e. The van der Waals surface area contributed by atoms with E-state index in [1.54, 1.807) is 0 Å². The van der Waals surface area contributed by atoms with Gasteiger partial charge >= 0.3 is 0 Å². The molecule has 0 aromatic heterocycles. The molecule has 1 aliphatic heterocycles. The summed E-state index contributed by atoms with van der Waals surface area (Å²) in [5.74, 6) is 0.970. The highest BCUT2D eigenvalue weighted by atomic mass is 35.5. The van der Waals surface area contributed by atoms with Crippen molar-refractivity contribution in [2.75, 3.05) is 33.3 Å². The van der Waals surface area contributed by atoms with Gasteiger partial charge in [0.2, 0.25) is 0 Å². The van der Waals surface area contributed by atoms with Crippen LogP contribution in [0.1, 0.15) is 12.8 Å². The normalized spacial score (nSPS) is 18.3. The Morgan fingerprint density at radius 1 is 1.18 bits per heavy atom. The molecule has 120 valence electrons. The Morgan fingerprint density at radius 3 is 2.82 bits per heavy atom. The predicted octanol–water partition coefficient (Wildman–Crippen LogP) is 3.32. The van der Waals surface area contributed by atoms with Gasteiger partial charge in [0, 0.05) is 19.1 Å². The quantitative estimate of drug-likeness (QED) is 0.883. The van der Waals surface area contributed by atoms with E-state index in [9.17, 15) is 0 Å². The molecule has 1 fully saturated rings. The molecule has 0 amide bonds. The molecule has 1 aliphatic rings. The average molecular weight is 321 g/mol. The summed E-state index contributed by atoms with van der Waals surface area (Å²) in [7, 11) is 2.03. The van der Waals surface area contributed by atoms with Crippen LogP contribution in [0.25, 0.3) is 10.8 Å². The smallest absolute Gasteiger partial charge is 0.120 e. The third-order valence-corrected chi connectivity index (χ3v) is 4.31. The van der Waals surface area contributed by atoms with Gasteiger partial charge in [-0.2, -0.15) is 0 Å². The van der Waals surface area contributed by atoms with Crippen molar-refractivity contribution in [2.24, 2.45) is 0 Å². The van der Waals surface area contributed by atoms with Gasteiger partial charge in [-0.1, -0.05) is 30.3 Å². The summed E-state index contributed by atoms with van der Waals surface area (Å²) >= 11 is 0. The fourth-order valence-electron chi connectivity index (χ4n) is 3.19. The van der Waals surface area contributed by atoms with Crippen LogP contribution in [0.5, 0.6) is 5.75 Å². The Kier molecular flexibility index (Phi) is 6.49. The Morgan fingerprint density at radius 2 is 2.00 bits per heavy atom. The first kappa shape index (κ1) is 17.1. The van der Waals surface area contributed by atoms with E-state index >= 15 is 0 Å². The van der Waals surface area contributed by atoms with Crippen LogP contribution >= 0.6 is 12.4 Å². The van der Waals surface area contributed by atoms with Crippen LogP contribution in [0.15, 0.2) is 42.5 Å². The van der Waals surface area contributed by atoms with E-state index in [4.69, 9.17) is 4.74 Å². The largest absolute Gasteiger partial charge is 0.492 e. The maximum absolute atomic E-state index is 5.94. The van der Waals surface area contributed by atoms with E-state index in [1.165, 1.54) is 30.2 Å². The number of likely N-dealkylation sites (N-methyl/N-ethyl adjacent to an activating group) is 1. The van der Waals surface area contributed by atoms with Crippen molar-refractivity contribution in [3.8, 4) is 5.75 Å². The lowest BCUT2D eigenvalue weighted by Gasteiger charge is -2.24. The number of hydrogen-bond acceptors (Lipinski definition) is 3. The lowest BCUT2D eigenvalue weighted by molar-refractivity contribution is 0.195. The fourth-order valence-corrected chi connectivity index (χ4v) is 3.19. The van der Waals surface area contributed by atoms with Crippen LogP contribution in [-0.2, 0) is 0 Å². The highest BCUT2D eigenvalue weighted by Crippen LogP contribution is 2.21. The van der Waals surface area contributed by atoms with Crippen molar-refractivity contribution in [1.82, 2.24) is 10.2 Å². The third-order valence-electron chi connectivity index (χ3n) is 4.31. The van der Waals surface area contributed by atoms with Crippen molar-refractivity contribution in [1.29, 1.82) is 0 Å². The second kappa shape index (κ2) is 8.37.